The largest absolute Gasteiger partial charge is 0.461 e. The van der Waals surface area contributed by atoms with E-state index in [4.69, 9.17) is 4.74 Å². The molecule has 7 atom stereocenters. The lowest BCUT2D eigenvalue weighted by atomic mass is 9.69. The topological polar surface area (TPSA) is 133 Å². The first-order valence-electron chi connectivity index (χ1n) is 11.2. The minimum absolute atomic E-state index is 0.0439. The number of fused-ring (bicyclic) bond motifs is 10. The highest BCUT2D eigenvalue weighted by atomic mass is 16.5. The fourth-order valence-corrected chi connectivity index (χ4v) is 3.88. The number of aliphatic hydroxyl groups excluding tert-OH is 3. The van der Waals surface area contributed by atoms with Crippen molar-refractivity contribution >= 4 is 17.7 Å². The van der Waals surface area contributed by atoms with Gasteiger partial charge >= 0.3 is 5.97 Å². The normalized spacial score (nSPS) is 39.8. The molecule has 33 heavy (non-hydrogen) atoms. The molecule has 0 unspecified atom stereocenters. The van der Waals surface area contributed by atoms with E-state index in [1.807, 2.05) is 13.0 Å². The quantitative estimate of drug-likeness (QED) is 0.362. The van der Waals surface area contributed by atoms with Crippen molar-refractivity contribution in [3.05, 3.63) is 47.6 Å². The van der Waals surface area contributed by atoms with Crippen LogP contribution in [0, 0.1) is 11.3 Å². The van der Waals surface area contributed by atoms with Gasteiger partial charge in [0.1, 0.15) is 17.6 Å². The number of amides is 1. The molecule has 182 valence electrons. The van der Waals surface area contributed by atoms with Crippen LogP contribution in [0.3, 0.4) is 0 Å². The summed E-state index contributed by atoms with van der Waals surface area (Å²) in [6, 6.07) is -1.09. The first-order chi connectivity index (χ1) is 15.4. The van der Waals surface area contributed by atoms with Gasteiger partial charge in [0.15, 0.2) is 5.78 Å². The molecule has 0 aromatic rings. The number of rotatable bonds is 2. The van der Waals surface area contributed by atoms with Gasteiger partial charge in [-0.3, -0.25) is 14.4 Å². The Hall–Kier alpha value is -2.55. The Bertz CT molecular complexity index is 885. The first-order valence-corrected chi connectivity index (χ1v) is 11.2. The zero-order valence-electron chi connectivity index (χ0n) is 19.8. The van der Waals surface area contributed by atoms with Gasteiger partial charge in [-0.25, -0.2) is 0 Å². The Labute approximate surface area is 194 Å². The van der Waals surface area contributed by atoms with Crippen LogP contribution in [0.25, 0.3) is 0 Å². The molecule has 8 heteroatoms. The number of aliphatic hydroxyl groups is 3. The third-order valence-electron chi connectivity index (χ3n) is 6.21. The molecule has 0 radical (unpaired) electrons. The Morgan fingerprint density at radius 3 is 2.39 bits per heavy atom. The van der Waals surface area contributed by atoms with Gasteiger partial charge in [-0.2, -0.15) is 0 Å². The summed E-state index contributed by atoms with van der Waals surface area (Å²) in [4.78, 5) is 38.9. The fourth-order valence-electron chi connectivity index (χ4n) is 3.88. The highest BCUT2D eigenvalue weighted by molar-refractivity contribution is 6.08. The van der Waals surface area contributed by atoms with E-state index < -0.39 is 59.5 Å². The monoisotopic (exact) mass is 461 g/mol. The minimum atomic E-state index is -1.74. The number of Topliss-reactive ketones (excluding diaryl/α,β-unsaturated/α-hetero) is 1. The number of esters is 1. The van der Waals surface area contributed by atoms with E-state index >= 15 is 0 Å². The van der Waals surface area contributed by atoms with Crippen LogP contribution in [0.2, 0.25) is 0 Å². The van der Waals surface area contributed by atoms with Crippen LogP contribution in [0.5, 0.6) is 0 Å². The molecule has 4 N–H and O–H groups in total. The molecule has 3 rings (SSSR count). The van der Waals surface area contributed by atoms with Crippen LogP contribution in [0.4, 0.5) is 0 Å². The molecule has 0 spiro atoms. The second kappa shape index (κ2) is 11.0. The van der Waals surface area contributed by atoms with Crippen molar-refractivity contribution in [3.8, 4) is 0 Å². The lowest BCUT2D eigenvalue weighted by Crippen LogP contribution is -2.61. The van der Waals surface area contributed by atoms with Crippen molar-refractivity contribution in [2.24, 2.45) is 11.3 Å². The maximum absolute atomic E-state index is 13.5. The Kier molecular flexibility index (Phi) is 8.94. The zero-order chi connectivity index (χ0) is 24.9. The third kappa shape index (κ3) is 6.50. The van der Waals surface area contributed by atoms with E-state index in [1.54, 1.807) is 44.2 Å². The molecule has 3 aliphatic rings. The summed E-state index contributed by atoms with van der Waals surface area (Å²) in [5.74, 6) is -2.70. The average Bonchev–Trinajstić information content (AvgIpc) is 2.75. The molecule has 0 saturated carbocycles. The maximum atomic E-state index is 13.5. The first kappa shape index (κ1) is 26.7. The molecule has 0 aromatic carbocycles. The second-order valence-electron chi connectivity index (χ2n) is 9.14. The molecule has 1 amide bonds. The highest BCUT2D eigenvalue weighted by Crippen LogP contribution is 2.38. The lowest BCUT2D eigenvalue weighted by Gasteiger charge is -2.42. The molecule has 2 bridgehead atoms. The van der Waals surface area contributed by atoms with Gasteiger partial charge in [0.2, 0.25) is 5.91 Å². The number of allylic oxidation sites excluding steroid dienone is 4. The second-order valence-corrected chi connectivity index (χ2v) is 9.14. The third-order valence-corrected chi connectivity index (χ3v) is 6.21. The van der Waals surface area contributed by atoms with E-state index in [-0.39, 0.29) is 6.42 Å². The standard InChI is InChI=1S/C25H35NO7/c1-14-6-9-18(28)10-8-15(2)12-21(26-23(31)17(4)27)25(5)22(30)16(3)20(33-24(25)32)13-19(29)11-7-14/h6-8,10-12,16-21,27-29H,9,13H2,1-5H3,(H,26,31)/b10-8+,11-7+,14-6-,15-12+/t16-,17+,18+,19-,20+,21-,25+/m1/s1. The Morgan fingerprint density at radius 2 is 1.76 bits per heavy atom. The summed E-state index contributed by atoms with van der Waals surface area (Å²) >= 11 is 0. The van der Waals surface area contributed by atoms with Crippen molar-refractivity contribution in [1.29, 1.82) is 0 Å². The van der Waals surface area contributed by atoms with Crippen molar-refractivity contribution < 1.29 is 34.4 Å². The maximum Gasteiger partial charge on any atom is 0.322 e. The summed E-state index contributed by atoms with van der Waals surface area (Å²) in [5.41, 5.74) is -0.292. The number of nitrogens with one attached hydrogen (secondary N) is 1. The van der Waals surface area contributed by atoms with Crippen LogP contribution in [-0.2, 0) is 19.1 Å². The number of carbonyl (C=O) groups is 3. The van der Waals surface area contributed by atoms with E-state index in [0.29, 0.717) is 12.0 Å². The van der Waals surface area contributed by atoms with Crippen molar-refractivity contribution in [3.63, 3.8) is 0 Å². The predicted octanol–water partition coefficient (Wildman–Crippen LogP) is 1.51. The molecule has 2 heterocycles. The number of hydrogen-bond donors (Lipinski definition) is 4. The molecular formula is C25H35NO7. The van der Waals surface area contributed by atoms with Crippen LogP contribution in [0.1, 0.15) is 47.5 Å². The lowest BCUT2D eigenvalue weighted by molar-refractivity contribution is -0.181. The van der Waals surface area contributed by atoms with Crippen molar-refractivity contribution in [1.82, 2.24) is 5.32 Å². The molecular weight excluding hydrogens is 426 g/mol. The van der Waals surface area contributed by atoms with Gasteiger partial charge in [0, 0.05) is 6.42 Å². The number of ether oxygens (including phenoxy) is 1. The molecule has 1 fully saturated rings. The van der Waals surface area contributed by atoms with Crippen LogP contribution in [-0.4, -0.2) is 63.4 Å². The fraction of sp³-hybridized carbons (Fsp3) is 0.560. The van der Waals surface area contributed by atoms with E-state index in [9.17, 15) is 29.7 Å². The van der Waals surface area contributed by atoms with Crippen LogP contribution >= 0.6 is 0 Å². The summed E-state index contributed by atoms with van der Waals surface area (Å²) in [5, 5.41) is 32.9. The zero-order valence-corrected chi connectivity index (χ0v) is 19.8. The summed E-state index contributed by atoms with van der Waals surface area (Å²) in [6.45, 7) is 7.89. The smallest absolute Gasteiger partial charge is 0.322 e. The molecule has 0 aromatic heterocycles. The minimum Gasteiger partial charge on any atom is -0.461 e. The molecule has 1 saturated heterocycles. The van der Waals surface area contributed by atoms with E-state index in [0.717, 1.165) is 5.57 Å². The Morgan fingerprint density at radius 1 is 1.15 bits per heavy atom. The number of carbonyl (C=O) groups excluding carboxylic acids is 3. The van der Waals surface area contributed by atoms with Crippen molar-refractivity contribution in [2.75, 3.05) is 0 Å². The van der Waals surface area contributed by atoms with E-state index in [1.165, 1.54) is 13.8 Å². The average molecular weight is 462 g/mol. The molecule has 2 aliphatic heterocycles. The highest BCUT2D eigenvalue weighted by Gasteiger charge is 2.56. The van der Waals surface area contributed by atoms with Gasteiger partial charge in [-0.1, -0.05) is 54.5 Å². The summed E-state index contributed by atoms with van der Waals surface area (Å²) in [6.07, 6.45) is 6.38. The van der Waals surface area contributed by atoms with Gasteiger partial charge in [-0.05, 0) is 34.1 Å². The summed E-state index contributed by atoms with van der Waals surface area (Å²) < 4.78 is 5.61. The number of ketones is 1. The summed E-state index contributed by atoms with van der Waals surface area (Å²) in [7, 11) is 0. The van der Waals surface area contributed by atoms with Crippen molar-refractivity contribution in [2.45, 2.75) is 77.9 Å². The van der Waals surface area contributed by atoms with Gasteiger partial charge in [-0.15, -0.1) is 0 Å². The molecule has 8 nitrogen and oxygen atoms in total. The van der Waals surface area contributed by atoms with Gasteiger partial charge in [0.25, 0.3) is 0 Å². The number of hydrogen-bond acceptors (Lipinski definition) is 7. The van der Waals surface area contributed by atoms with Gasteiger partial charge < -0.3 is 25.4 Å². The Balaban J connectivity index is 2.56. The van der Waals surface area contributed by atoms with Gasteiger partial charge in [0.05, 0.1) is 24.2 Å². The SMILES string of the molecule is CC1=C/C[C@H](O)/C=C/C(C)=C/[C@@H](NC(=O)[C@H](C)O)[C@]2(C)C(=O)O[C@@H](C[C@H](O)\C=C\1)[C@@H](C)C2=O. The van der Waals surface area contributed by atoms with Crippen LogP contribution < -0.4 is 5.32 Å². The van der Waals surface area contributed by atoms with E-state index in [2.05, 4.69) is 5.32 Å². The van der Waals surface area contributed by atoms with Crippen LogP contribution in [0.15, 0.2) is 47.6 Å². The molecule has 1 aliphatic carbocycles. The predicted molar refractivity (Wildman–Crippen MR) is 123 cm³/mol.